The number of carbonyl (C=O) groups excluding carboxylic acids is 1. The summed E-state index contributed by atoms with van der Waals surface area (Å²) >= 11 is 0. The molecule has 1 unspecified atom stereocenters. The quantitative estimate of drug-likeness (QED) is 0.331. The van der Waals surface area contributed by atoms with Crippen molar-refractivity contribution in [2.24, 2.45) is 16.8 Å². The van der Waals surface area contributed by atoms with Gasteiger partial charge < -0.3 is 16.3 Å². The monoisotopic (exact) mass is 253 g/mol. The second-order valence-corrected chi connectivity index (χ2v) is 3.94. The summed E-state index contributed by atoms with van der Waals surface area (Å²) in [6, 6.07) is 4.25. The fraction of sp³-hybridized carbons (Fsp3) is 0.333. The van der Waals surface area contributed by atoms with Crippen LogP contribution < -0.4 is 11.1 Å². The summed E-state index contributed by atoms with van der Waals surface area (Å²) < 4.78 is 13.1. The normalized spacial score (nSPS) is 13.2. The molecule has 0 heterocycles. The highest BCUT2D eigenvalue weighted by Crippen LogP contribution is 2.15. The molecule has 0 bridgehead atoms. The minimum Gasteiger partial charge on any atom is -0.409 e. The minimum atomic E-state index is -0.708. The molecule has 1 rings (SSSR count). The summed E-state index contributed by atoms with van der Waals surface area (Å²) in [5, 5.41) is 14.0. The van der Waals surface area contributed by atoms with Gasteiger partial charge in [0, 0.05) is 5.69 Å². The lowest BCUT2D eigenvalue weighted by molar-refractivity contribution is -0.118. The lowest BCUT2D eigenvalue weighted by atomic mass is 10.0. The fourth-order valence-electron chi connectivity index (χ4n) is 1.55. The molecular formula is C12H16FN3O2. The predicted molar refractivity (Wildman–Crippen MR) is 67.0 cm³/mol. The van der Waals surface area contributed by atoms with Gasteiger partial charge in [0.15, 0.2) is 5.84 Å². The van der Waals surface area contributed by atoms with Crippen LogP contribution in [0.25, 0.3) is 0 Å². The molecule has 0 radical (unpaired) electrons. The average Bonchev–Trinajstić information content (AvgIpc) is 2.34. The topological polar surface area (TPSA) is 87.7 Å². The number of anilines is 1. The van der Waals surface area contributed by atoms with Crippen molar-refractivity contribution in [1.29, 1.82) is 0 Å². The smallest absolute Gasteiger partial charge is 0.235 e. The lowest BCUT2D eigenvalue weighted by Crippen LogP contribution is -2.34. The Kier molecular flexibility index (Phi) is 4.65. The number of amidine groups is 1. The van der Waals surface area contributed by atoms with E-state index in [1.807, 2.05) is 0 Å². The third-order valence-corrected chi connectivity index (χ3v) is 2.62. The first kappa shape index (κ1) is 14.0. The zero-order chi connectivity index (χ0) is 13.7. The molecule has 1 aromatic rings. The highest BCUT2D eigenvalue weighted by molar-refractivity contribution is 6.07. The number of hydrogen-bond acceptors (Lipinski definition) is 3. The standard InChI is InChI=1S/C12H16FN3O2/c1-3-9(11(14)16-18)12(17)15-8-4-5-10(13)7(2)6-8/h4-6,9,18H,3H2,1-2H3,(H2,14,16)(H,15,17). The van der Waals surface area contributed by atoms with Crippen molar-refractivity contribution in [2.75, 3.05) is 5.32 Å². The molecule has 0 saturated heterocycles. The van der Waals surface area contributed by atoms with E-state index < -0.39 is 5.92 Å². The summed E-state index contributed by atoms with van der Waals surface area (Å²) in [6.07, 6.45) is 0.405. The van der Waals surface area contributed by atoms with Gasteiger partial charge in [-0.05, 0) is 37.1 Å². The van der Waals surface area contributed by atoms with E-state index in [0.29, 0.717) is 17.7 Å². The second-order valence-electron chi connectivity index (χ2n) is 3.94. The molecule has 4 N–H and O–H groups in total. The van der Waals surface area contributed by atoms with Crippen LogP contribution in [0.2, 0.25) is 0 Å². The van der Waals surface area contributed by atoms with Gasteiger partial charge in [0.05, 0.1) is 5.92 Å². The SMILES string of the molecule is CCC(C(=O)Nc1ccc(F)c(C)c1)C(N)=NO. The number of nitrogens with zero attached hydrogens (tertiary/aromatic N) is 1. The maximum Gasteiger partial charge on any atom is 0.235 e. The average molecular weight is 253 g/mol. The first-order valence-electron chi connectivity index (χ1n) is 5.54. The molecule has 0 fully saturated rings. The van der Waals surface area contributed by atoms with E-state index >= 15 is 0 Å². The number of benzene rings is 1. The summed E-state index contributed by atoms with van der Waals surface area (Å²) in [4.78, 5) is 11.9. The number of carbonyl (C=O) groups is 1. The number of rotatable bonds is 4. The van der Waals surface area contributed by atoms with Crippen molar-refractivity contribution < 1.29 is 14.4 Å². The van der Waals surface area contributed by atoms with E-state index in [1.54, 1.807) is 13.8 Å². The highest BCUT2D eigenvalue weighted by atomic mass is 19.1. The molecule has 0 aliphatic carbocycles. The van der Waals surface area contributed by atoms with Crippen molar-refractivity contribution in [1.82, 2.24) is 0 Å². The number of hydrogen-bond donors (Lipinski definition) is 3. The molecule has 0 aliphatic heterocycles. The third-order valence-electron chi connectivity index (χ3n) is 2.62. The first-order valence-corrected chi connectivity index (χ1v) is 5.54. The molecule has 1 amide bonds. The minimum absolute atomic E-state index is 0.145. The number of nitrogens with two attached hydrogens (primary N) is 1. The molecule has 5 nitrogen and oxygen atoms in total. The van der Waals surface area contributed by atoms with Crippen molar-refractivity contribution in [3.05, 3.63) is 29.6 Å². The number of nitrogens with one attached hydrogen (secondary N) is 1. The molecule has 1 aromatic carbocycles. The van der Waals surface area contributed by atoms with Gasteiger partial charge in [-0.3, -0.25) is 4.79 Å². The maximum absolute atomic E-state index is 13.1. The molecule has 98 valence electrons. The van der Waals surface area contributed by atoms with Crippen LogP contribution in [0, 0.1) is 18.7 Å². The largest absolute Gasteiger partial charge is 0.409 e. The highest BCUT2D eigenvalue weighted by Gasteiger charge is 2.21. The van der Waals surface area contributed by atoms with E-state index in [2.05, 4.69) is 10.5 Å². The Hall–Kier alpha value is -2.11. The van der Waals surface area contributed by atoms with E-state index in [9.17, 15) is 9.18 Å². The predicted octanol–water partition coefficient (Wildman–Crippen LogP) is 1.85. The molecule has 0 saturated carbocycles. The summed E-state index contributed by atoms with van der Waals surface area (Å²) in [5.74, 6) is -1.58. The Morgan fingerprint density at radius 1 is 1.61 bits per heavy atom. The van der Waals surface area contributed by atoms with Crippen LogP contribution in [0.4, 0.5) is 10.1 Å². The molecule has 18 heavy (non-hydrogen) atoms. The molecule has 0 aliphatic rings. The lowest BCUT2D eigenvalue weighted by Gasteiger charge is -2.13. The summed E-state index contributed by atoms with van der Waals surface area (Å²) in [6.45, 7) is 3.35. The Labute approximate surface area is 104 Å². The Bertz CT molecular complexity index is 474. The van der Waals surface area contributed by atoms with Crippen LogP contribution in [0.15, 0.2) is 23.4 Å². The van der Waals surface area contributed by atoms with Gasteiger partial charge in [0.2, 0.25) is 5.91 Å². The Morgan fingerprint density at radius 3 is 2.78 bits per heavy atom. The Morgan fingerprint density at radius 2 is 2.28 bits per heavy atom. The number of oxime groups is 1. The third kappa shape index (κ3) is 3.19. The Balaban J connectivity index is 2.83. The van der Waals surface area contributed by atoms with Crippen LogP contribution >= 0.6 is 0 Å². The van der Waals surface area contributed by atoms with Crippen LogP contribution in [-0.4, -0.2) is 17.0 Å². The van der Waals surface area contributed by atoms with Gasteiger partial charge in [0.1, 0.15) is 5.82 Å². The number of aryl methyl sites for hydroxylation is 1. The van der Waals surface area contributed by atoms with Crippen molar-refractivity contribution in [3.8, 4) is 0 Å². The molecule has 1 atom stereocenters. The van der Waals surface area contributed by atoms with Gasteiger partial charge in [-0.25, -0.2) is 4.39 Å². The van der Waals surface area contributed by atoms with Gasteiger partial charge in [-0.15, -0.1) is 0 Å². The summed E-state index contributed by atoms with van der Waals surface area (Å²) in [7, 11) is 0. The van der Waals surface area contributed by atoms with Crippen LogP contribution in [0.1, 0.15) is 18.9 Å². The van der Waals surface area contributed by atoms with Gasteiger partial charge in [-0.1, -0.05) is 12.1 Å². The number of amides is 1. The van der Waals surface area contributed by atoms with E-state index in [1.165, 1.54) is 18.2 Å². The van der Waals surface area contributed by atoms with Crippen molar-refractivity contribution in [3.63, 3.8) is 0 Å². The van der Waals surface area contributed by atoms with E-state index in [-0.39, 0.29) is 17.6 Å². The summed E-state index contributed by atoms with van der Waals surface area (Å²) in [5.41, 5.74) is 6.33. The van der Waals surface area contributed by atoms with Crippen LogP contribution in [-0.2, 0) is 4.79 Å². The zero-order valence-electron chi connectivity index (χ0n) is 10.3. The molecular weight excluding hydrogens is 237 g/mol. The van der Waals surface area contributed by atoms with E-state index in [4.69, 9.17) is 10.9 Å². The molecule has 0 spiro atoms. The van der Waals surface area contributed by atoms with Crippen molar-refractivity contribution >= 4 is 17.4 Å². The van der Waals surface area contributed by atoms with Gasteiger partial charge >= 0.3 is 0 Å². The van der Waals surface area contributed by atoms with Gasteiger partial charge in [0.25, 0.3) is 0 Å². The number of halogens is 1. The van der Waals surface area contributed by atoms with E-state index in [0.717, 1.165) is 0 Å². The molecule has 0 aromatic heterocycles. The second kappa shape index (κ2) is 6.00. The van der Waals surface area contributed by atoms with Crippen LogP contribution in [0.5, 0.6) is 0 Å². The maximum atomic E-state index is 13.1. The fourth-order valence-corrected chi connectivity index (χ4v) is 1.55. The van der Waals surface area contributed by atoms with Gasteiger partial charge in [-0.2, -0.15) is 0 Å². The molecule has 6 heteroatoms. The van der Waals surface area contributed by atoms with Crippen molar-refractivity contribution in [2.45, 2.75) is 20.3 Å². The van der Waals surface area contributed by atoms with Crippen LogP contribution in [0.3, 0.4) is 0 Å². The zero-order valence-corrected chi connectivity index (χ0v) is 10.3. The first-order chi connectivity index (χ1) is 8.49.